The molecule has 0 saturated carbocycles. The van der Waals surface area contributed by atoms with Crippen LogP contribution in [0, 0.1) is 0 Å². The van der Waals surface area contributed by atoms with Crippen molar-refractivity contribution in [3.05, 3.63) is 35.4 Å². The van der Waals surface area contributed by atoms with Crippen LogP contribution in [0.4, 0.5) is 9.59 Å². The van der Waals surface area contributed by atoms with Gasteiger partial charge in [-0.15, -0.1) is 0 Å². The minimum absolute atomic E-state index is 0.210. The Bertz CT molecular complexity index is 497. The summed E-state index contributed by atoms with van der Waals surface area (Å²) in [6.45, 7) is 0. The van der Waals surface area contributed by atoms with Crippen molar-refractivity contribution >= 4 is 24.0 Å². The van der Waals surface area contributed by atoms with Crippen LogP contribution in [0.1, 0.15) is 20.7 Å². The van der Waals surface area contributed by atoms with Gasteiger partial charge in [-0.1, -0.05) is 12.1 Å². The molecular formula is C12H15N3O6. The Morgan fingerprint density at radius 1 is 0.857 bits per heavy atom. The minimum atomic E-state index is -0.938. The molecule has 5 N–H and O–H groups in total. The zero-order valence-corrected chi connectivity index (χ0v) is 11.4. The highest BCUT2D eigenvalue weighted by molar-refractivity contribution is 6.03. The summed E-state index contributed by atoms with van der Waals surface area (Å²) in [6, 6.07) is 4.45. The molecule has 0 aliphatic rings. The number of esters is 2. The Labute approximate surface area is 120 Å². The van der Waals surface area contributed by atoms with E-state index in [4.69, 9.17) is 0 Å². The van der Waals surface area contributed by atoms with Crippen molar-refractivity contribution in [3.8, 4) is 0 Å². The maximum atomic E-state index is 11.2. The Hall–Kier alpha value is -3.10. The molecule has 0 fully saturated rings. The van der Waals surface area contributed by atoms with Crippen LogP contribution in [-0.4, -0.2) is 38.2 Å². The van der Waals surface area contributed by atoms with E-state index in [2.05, 4.69) is 20.9 Å². The van der Waals surface area contributed by atoms with Gasteiger partial charge in [0, 0.05) is 0 Å². The number of primary amides is 2. The van der Waals surface area contributed by atoms with Gasteiger partial charge in [0.25, 0.3) is 0 Å². The van der Waals surface area contributed by atoms with Crippen molar-refractivity contribution < 1.29 is 28.7 Å². The molecular weight excluding hydrogens is 282 g/mol. The van der Waals surface area contributed by atoms with Crippen molar-refractivity contribution in [3.63, 3.8) is 0 Å². The van der Waals surface area contributed by atoms with E-state index >= 15 is 0 Å². The van der Waals surface area contributed by atoms with Crippen LogP contribution in [-0.2, 0) is 9.47 Å². The monoisotopic (exact) mass is 297 g/mol. The van der Waals surface area contributed by atoms with Gasteiger partial charge in [0.15, 0.2) is 0 Å². The van der Waals surface area contributed by atoms with Crippen molar-refractivity contribution in [1.82, 2.24) is 5.32 Å². The highest BCUT2D eigenvalue weighted by Crippen LogP contribution is 2.10. The van der Waals surface area contributed by atoms with Crippen molar-refractivity contribution in [2.45, 2.75) is 0 Å². The highest BCUT2D eigenvalue weighted by atomic mass is 16.5. The molecule has 0 aliphatic heterocycles. The molecule has 0 aliphatic carbocycles. The molecule has 0 spiro atoms. The summed E-state index contributed by atoms with van der Waals surface area (Å²) < 4.78 is 9.05. The summed E-state index contributed by atoms with van der Waals surface area (Å²) in [6.07, 6.45) is 0. The number of nitrogens with one attached hydrogen (secondary N) is 1. The zero-order chi connectivity index (χ0) is 16.4. The van der Waals surface area contributed by atoms with Crippen LogP contribution in [0.15, 0.2) is 24.3 Å². The molecule has 0 radical (unpaired) electrons. The molecule has 4 amide bonds. The number of imide groups is 1. The Morgan fingerprint density at radius 3 is 1.38 bits per heavy atom. The van der Waals surface area contributed by atoms with Crippen LogP contribution < -0.4 is 16.8 Å². The number of hydrogen-bond donors (Lipinski definition) is 3. The predicted molar refractivity (Wildman–Crippen MR) is 71.4 cm³/mol. The van der Waals surface area contributed by atoms with E-state index < -0.39 is 24.0 Å². The lowest BCUT2D eigenvalue weighted by Gasteiger charge is -2.04. The van der Waals surface area contributed by atoms with Gasteiger partial charge in [-0.3, -0.25) is 5.32 Å². The Kier molecular flexibility index (Phi) is 7.59. The molecule has 0 aromatic heterocycles. The summed E-state index contributed by atoms with van der Waals surface area (Å²) in [5.41, 5.74) is 9.31. The van der Waals surface area contributed by atoms with Crippen LogP contribution in [0.5, 0.6) is 0 Å². The quantitative estimate of drug-likeness (QED) is 0.653. The number of urea groups is 2. The molecule has 21 heavy (non-hydrogen) atoms. The van der Waals surface area contributed by atoms with E-state index in [0.29, 0.717) is 0 Å². The van der Waals surface area contributed by atoms with Gasteiger partial charge in [0.1, 0.15) is 0 Å². The molecule has 0 unspecified atom stereocenters. The van der Waals surface area contributed by atoms with Gasteiger partial charge in [-0.2, -0.15) is 0 Å². The first-order valence-corrected chi connectivity index (χ1v) is 5.45. The van der Waals surface area contributed by atoms with E-state index in [1.54, 1.807) is 17.4 Å². The first-order valence-electron chi connectivity index (χ1n) is 5.45. The van der Waals surface area contributed by atoms with E-state index in [0.717, 1.165) is 0 Å². The molecule has 1 aromatic carbocycles. The Balaban J connectivity index is 0.000000486. The number of ether oxygens (including phenoxy) is 2. The molecule has 0 heterocycles. The third-order valence-corrected chi connectivity index (χ3v) is 1.98. The van der Waals surface area contributed by atoms with Crippen molar-refractivity contribution in [1.29, 1.82) is 0 Å². The first kappa shape index (κ1) is 17.9. The lowest BCUT2D eigenvalue weighted by Crippen LogP contribution is -2.38. The van der Waals surface area contributed by atoms with Gasteiger partial charge >= 0.3 is 24.0 Å². The summed E-state index contributed by atoms with van der Waals surface area (Å²) in [7, 11) is 2.52. The van der Waals surface area contributed by atoms with Gasteiger partial charge < -0.3 is 20.9 Å². The maximum Gasteiger partial charge on any atom is 0.338 e. The molecule has 0 saturated heterocycles. The fourth-order valence-corrected chi connectivity index (χ4v) is 1.18. The van der Waals surface area contributed by atoms with Crippen LogP contribution in [0.25, 0.3) is 0 Å². The molecule has 0 bridgehead atoms. The summed E-state index contributed by atoms with van der Waals surface area (Å²) in [5.74, 6) is -1.10. The number of nitrogens with two attached hydrogens (primary N) is 2. The van der Waals surface area contributed by atoms with E-state index in [1.165, 1.54) is 26.4 Å². The van der Waals surface area contributed by atoms with Crippen LogP contribution in [0.2, 0.25) is 0 Å². The number of amides is 4. The molecule has 9 heteroatoms. The fraction of sp³-hybridized carbons (Fsp3) is 0.167. The minimum Gasteiger partial charge on any atom is -0.465 e. The number of hydrogen-bond acceptors (Lipinski definition) is 6. The Morgan fingerprint density at radius 2 is 1.19 bits per heavy atom. The van der Waals surface area contributed by atoms with Crippen LogP contribution in [0.3, 0.4) is 0 Å². The third-order valence-electron chi connectivity index (χ3n) is 1.98. The largest absolute Gasteiger partial charge is 0.465 e. The normalized spacial score (nSPS) is 8.67. The standard InChI is InChI=1S/C10H10O4.C2H5N3O2/c1-13-9(11)7-5-3-4-6-8(7)10(12)14-2;3-1(6)5-2(4)7/h3-6H,1-2H3;(H5,3,4,5,6,7). The smallest absolute Gasteiger partial charge is 0.338 e. The van der Waals surface area contributed by atoms with Gasteiger partial charge in [-0.05, 0) is 12.1 Å². The second kappa shape index (κ2) is 8.91. The first-order chi connectivity index (χ1) is 9.83. The number of benzene rings is 1. The predicted octanol–water partition coefficient (Wildman–Crippen LogP) is -0.00680. The lowest BCUT2D eigenvalue weighted by atomic mass is 10.1. The molecule has 9 nitrogen and oxygen atoms in total. The zero-order valence-electron chi connectivity index (χ0n) is 11.4. The lowest BCUT2D eigenvalue weighted by molar-refractivity contribution is 0.0555. The fourth-order valence-electron chi connectivity index (χ4n) is 1.18. The summed E-state index contributed by atoms with van der Waals surface area (Å²) >= 11 is 0. The molecule has 1 rings (SSSR count). The summed E-state index contributed by atoms with van der Waals surface area (Å²) in [5, 5.41) is 1.58. The topological polar surface area (TPSA) is 151 Å². The molecule has 0 atom stereocenters. The van der Waals surface area contributed by atoms with Gasteiger partial charge in [0.2, 0.25) is 0 Å². The number of carbonyl (C=O) groups is 4. The number of rotatable bonds is 2. The summed E-state index contributed by atoms with van der Waals surface area (Å²) in [4.78, 5) is 41.7. The van der Waals surface area contributed by atoms with Crippen molar-refractivity contribution in [2.24, 2.45) is 11.5 Å². The average molecular weight is 297 g/mol. The number of methoxy groups -OCH3 is 2. The highest BCUT2D eigenvalue weighted by Gasteiger charge is 2.16. The van der Waals surface area contributed by atoms with E-state index in [-0.39, 0.29) is 11.1 Å². The molecule has 114 valence electrons. The van der Waals surface area contributed by atoms with E-state index in [9.17, 15) is 19.2 Å². The van der Waals surface area contributed by atoms with Crippen LogP contribution >= 0.6 is 0 Å². The second-order valence-corrected chi connectivity index (χ2v) is 3.38. The van der Waals surface area contributed by atoms with Gasteiger partial charge in [0.05, 0.1) is 25.3 Å². The average Bonchev–Trinajstić information content (AvgIpc) is 2.44. The van der Waals surface area contributed by atoms with Crippen molar-refractivity contribution in [2.75, 3.05) is 14.2 Å². The van der Waals surface area contributed by atoms with Gasteiger partial charge in [-0.25, -0.2) is 19.2 Å². The third kappa shape index (κ3) is 6.57. The molecule has 1 aromatic rings. The SMILES string of the molecule is COC(=O)c1ccccc1C(=O)OC.NC(=O)NC(N)=O. The van der Waals surface area contributed by atoms with E-state index in [1.807, 2.05) is 0 Å². The maximum absolute atomic E-state index is 11.2. The number of carbonyl (C=O) groups excluding carboxylic acids is 4. The second-order valence-electron chi connectivity index (χ2n) is 3.38.